The molecule has 0 radical (unpaired) electrons. The third kappa shape index (κ3) is 2.31. The van der Waals surface area contributed by atoms with Gasteiger partial charge in [0.05, 0.1) is 12.7 Å². The molecule has 0 heterocycles. The van der Waals surface area contributed by atoms with Crippen molar-refractivity contribution in [1.29, 1.82) is 0 Å². The molecule has 1 rings (SSSR count). The third-order valence-corrected chi connectivity index (χ3v) is 1.88. The van der Waals surface area contributed by atoms with Gasteiger partial charge < -0.3 is 4.74 Å². The molecule has 70 valence electrons. The van der Waals surface area contributed by atoms with Crippen molar-refractivity contribution in [3.63, 3.8) is 0 Å². The van der Waals surface area contributed by atoms with Gasteiger partial charge in [-0.1, -0.05) is 19.1 Å². The number of Topliss-reactive ketones (excluding diaryl/α,β-unsaturated/α-hetero) is 1. The van der Waals surface area contributed by atoms with E-state index in [0.717, 1.165) is 6.42 Å². The van der Waals surface area contributed by atoms with E-state index in [1.54, 1.807) is 13.2 Å². The molecule has 0 atom stereocenters. The minimum atomic E-state index is 0.153. The zero-order chi connectivity index (χ0) is 9.68. The third-order valence-electron chi connectivity index (χ3n) is 1.88. The monoisotopic (exact) mass is 178 g/mol. The first-order chi connectivity index (χ1) is 6.29. The highest BCUT2D eigenvalue weighted by Crippen LogP contribution is 2.19. The molecule has 0 amide bonds. The second kappa shape index (κ2) is 4.65. The van der Waals surface area contributed by atoms with Crippen LogP contribution < -0.4 is 4.74 Å². The van der Waals surface area contributed by atoms with Gasteiger partial charge in [0, 0.05) is 6.42 Å². The van der Waals surface area contributed by atoms with Crippen molar-refractivity contribution in [2.45, 2.75) is 19.8 Å². The van der Waals surface area contributed by atoms with Crippen LogP contribution in [0, 0.1) is 0 Å². The molecule has 1 aromatic carbocycles. The summed E-state index contributed by atoms with van der Waals surface area (Å²) in [5.41, 5.74) is 0.687. The van der Waals surface area contributed by atoms with Crippen molar-refractivity contribution >= 4 is 5.78 Å². The Labute approximate surface area is 78.5 Å². The van der Waals surface area contributed by atoms with E-state index in [1.807, 2.05) is 25.1 Å². The maximum atomic E-state index is 11.5. The van der Waals surface area contributed by atoms with Crippen LogP contribution >= 0.6 is 0 Å². The van der Waals surface area contributed by atoms with Gasteiger partial charge in [-0.15, -0.1) is 0 Å². The van der Waals surface area contributed by atoms with Gasteiger partial charge in [-0.25, -0.2) is 0 Å². The number of benzene rings is 1. The van der Waals surface area contributed by atoms with Crippen LogP contribution in [0.1, 0.15) is 30.1 Å². The quantitative estimate of drug-likeness (QED) is 0.662. The molecule has 0 aliphatic rings. The van der Waals surface area contributed by atoms with Gasteiger partial charge >= 0.3 is 0 Å². The number of hydrogen-bond acceptors (Lipinski definition) is 2. The Bertz CT molecular complexity index is 292. The van der Waals surface area contributed by atoms with Gasteiger partial charge in [0.15, 0.2) is 5.78 Å². The van der Waals surface area contributed by atoms with E-state index in [9.17, 15) is 4.79 Å². The van der Waals surface area contributed by atoms with E-state index in [0.29, 0.717) is 17.7 Å². The number of para-hydroxylation sites is 1. The van der Waals surface area contributed by atoms with E-state index >= 15 is 0 Å². The van der Waals surface area contributed by atoms with Crippen LogP contribution in [0.25, 0.3) is 0 Å². The highest BCUT2D eigenvalue weighted by molar-refractivity contribution is 5.98. The SMILES string of the molecule is CCCC(=O)c1ccccc1OC. The fourth-order valence-electron chi connectivity index (χ4n) is 1.24. The molecule has 0 saturated carbocycles. The van der Waals surface area contributed by atoms with Crippen molar-refractivity contribution in [1.82, 2.24) is 0 Å². The normalized spacial score (nSPS) is 9.69. The van der Waals surface area contributed by atoms with E-state index in [1.165, 1.54) is 0 Å². The van der Waals surface area contributed by atoms with E-state index in [-0.39, 0.29) is 5.78 Å². The van der Waals surface area contributed by atoms with Gasteiger partial charge in [-0.3, -0.25) is 4.79 Å². The molecule has 0 saturated heterocycles. The Balaban J connectivity index is 2.92. The predicted molar refractivity (Wildman–Crippen MR) is 52.2 cm³/mol. The summed E-state index contributed by atoms with van der Waals surface area (Å²) in [5.74, 6) is 0.820. The van der Waals surface area contributed by atoms with Crippen molar-refractivity contribution < 1.29 is 9.53 Å². The zero-order valence-electron chi connectivity index (χ0n) is 8.04. The van der Waals surface area contributed by atoms with Crippen LogP contribution in [-0.4, -0.2) is 12.9 Å². The molecule has 1 aromatic rings. The first-order valence-corrected chi connectivity index (χ1v) is 4.45. The number of rotatable bonds is 4. The Morgan fingerprint density at radius 3 is 2.69 bits per heavy atom. The lowest BCUT2D eigenvalue weighted by Crippen LogP contribution is -2.00. The van der Waals surface area contributed by atoms with E-state index in [2.05, 4.69) is 0 Å². The highest BCUT2D eigenvalue weighted by atomic mass is 16.5. The van der Waals surface area contributed by atoms with Gasteiger partial charge in [0.1, 0.15) is 5.75 Å². The molecule has 0 fully saturated rings. The number of ether oxygens (including phenoxy) is 1. The molecule has 0 aromatic heterocycles. The number of carbonyl (C=O) groups is 1. The molecule has 2 nitrogen and oxygen atoms in total. The summed E-state index contributed by atoms with van der Waals surface area (Å²) >= 11 is 0. The molecule has 0 unspecified atom stereocenters. The van der Waals surface area contributed by atoms with Crippen molar-refractivity contribution in [2.75, 3.05) is 7.11 Å². The van der Waals surface area contributed by atoms with Crippen LogP contribution in [0.15, 0.2) is 24.3 Å². The zero-order valence-corrected chi connectivity index (χ0v) is 8.04. The lowest BCUT2D eigenvalue weighted by molar-refractivity contribution is 0.0979. The molecule has 0 aliphatic carbocycles. The largest absolute Gasteiger partial charge is 0.496 e. The molecule has 0 aliphatic heterocycles. The summed E-state index contributed by atoms with van der Waals surface area (Å²) in [5, 5.41) is 0. The first kappa shape index (κ1) is 9.78. The average molecular weight is 178 g/mol. The fraction of sp³-hybridized carbons (Fsp3) is 0.364. The first-order valence-electron chi connectivity index (χ1n) is 4.45. The van der Waals surface area contributed by atoms with Crippen LogP contribution in [0.3, 0.4) is 0 Å². The predicted octanol–water partition coefficient (Wildman–Crippen LogP) is 2.68. The van der Waals surface area contributed by atoms with Crippen molar-refractivity contribution in [2.24, 2.45) is 0 Å². The lowest BCUT2D eigenvalue weighted by atomic mass is 10.1. The van der Waals surface area contributed by atoms with E-state index in [4.69, 9.17) is 4.74 Å². The van der Waals surface area contributed by atoms with Gasteiger partial charge in [-0.2, -0.15) is 0 Å². The van der Waals surface area contributed by atoms with E-state index < -0.39 is 0 Å². The molecule has 2 heteroatoms. The standard InChI is InChI=1S/C11H14O2/c1-3-6-10(12)9-7-4-5-8-11(9)13-2/h4-5,7-8H,3,6H2,1-2H3. The number of methoxy groups -OCH3 is 1. The van der Waals surface area contributed by atoms with Gasteiger partial charge in [0.25, 0.3) is 0 Å². The number of hydrogen-bond donors (Lipinski definition) is 0. The topological polar surface area (TPSA) is 26.3 Å². The Hall–Kier alpha value is -1.31. The molecule has 13 heavy (non-hydrogen) atoms. The van der Waals surface area contributed by atoms with Crippen LogP contribution in [0.2, 0.25) is 0 Å². The maximum Gasteiger partial charge on any atom is 0.166 e. The Morgan fingerprint density at radius 1 is 1.38 bits per heavy atom. The summed E-state index contributed by atoms with van der Waals surface area (Å²) < 4.78 is 5.09. The summed E-state index contributed by atoms with van der Waals surface area (Å²) in [4.78, 5) is 11.5. The maximum absolute atomic E-state index is 11.5. The lowest BCUT2D eigenvalue weighted by Gasteiger charge is -2.05. The average Bonchev–Trinajstić information content (AvgIpc) is 2.18. The van der Waals surface area contributed by atoms with Crippen LogP contribution in [0.5, 0.6) is 5.75 Å². The minimum absolute atomic E-state index is 0.153. The molecule has 0 spiro atoms. The minimum Gasteiger partial charge on any atom is -0.496 e. The van der Waals surface area contributed by atoms with Crippen LogP contribution in [0.4, 0.5) is 0 Å². The Morgan fingerprint density at radius 2 is 2.08 bits per heavy atom. The number of carbonyl (C=O) groups excluding carboxylic acids is 1. The molecular weight excluding hydrogens is 164 g/mol. The van der Waals surface area contributed by atoms with Crippen molar-refractivity contribution in [3.8, 4) is 5.75 Å². The summed E-state index contributed by atoms with van der Waals surface area (Å²) in [6, 6.07) is 7.33. The second-order valence-electron chi connectivity index (χ2n) is 2.87. The highest BCUT2D eigenvalue weighted by Gasteiger charge is 2.09. The summed E-state index contributed by atoms with van der Waals surface area (Å²) in [7, 11) is 1.58. The summed E-state index contributed by atoms with van der Waals surface area (Å²) in [6.07, 6.45) is 1.46. The molecule has 0 bridgehead atoms. The van der Waals surface area contributed by atoms with Gasteiger partial charge in [0.2, 0.25) is 0 Å². The second-order valence-corrected chi connectivity index (χ2v) is 2.87. The van der Waals surface area contributed by atoms with Crippen molar-refractivity contribution in [3.05, 3.63) is 29.8 Å². The fourth-order valence-corrected chi connectivity index (χ4v) is 1.24. The molecular formula is C11H14O2. The molecule has 0 N–H and O–H groups in total. The number of ketones is 1. The van der Waals surface area contributed by atoms with Crippen LogP contribution in [-0.2, 0) is 0 Å². The van der Waals surface area contributed by atoms with Gasteiger partial charge in [-0.05, 0) is 18.6 Å². The summed E-state index contributed by atoms with van der Waals surface area (Å²) in [6.45, 7) is 1.99. The smallest absolute Gasteiger partial charge is 0.166 e. The Kier molecular flexibility index (Phi) is 3.50.